The Hall–Kier alpha value is -2.14. The Morgan fingerprint density at radius 1 is 1.42 bits per heavy atom. The zero-order chi connectivity index (χ0) is 14.0. The van der Waals surface area contributed by atoms with Crippen LogP contribution in [-0.4, -0.2) is 33.8 Å². The predicted molar refractivity (Wildman–Crippen MR) is 73.6 cm³/mol. The molecule has 100 valence electrons. The highest BCUT2D eigenvalue weighted by Gasteiger charge is 2.09. The van der Waals surface area contributed by atoms with Crippen LogP contribution < -0.4 is 5.32 Å². The van der Waals surface area contributed by atoms with Crippen molar-refractivity contribution in [1.82, 2.24) is 4.98 Å². The lowest BCUT2D eigenvalue weighted by atomic mass is 10.1. The van der Waals surface area contributed by atoms with Crippen LogP contribution >= 0.6 is 0 Å². The van der Waals surface area contributed by atoms with Crippen molar-refractivity contribution in [2.75, 3.05) is 11.9 Å². The Bertz CT molecular complexity index is 623. The first-order chi connectivity index (χ1) is 8.97. The van der Waals surface area contributed by atoms with E-state index >= 15 is 0 Å². The van der Waals surface area contributed by atoms with Gasteiger partial charge in [-0.2, -0.15) is 0 Å². The number of aromatic carboxylic acids is 1. The molecule has 2 aromatic rings. The number of anilines is 1. The maximum atomic E-state index is 11.0. The van der Waals surface area contributed by atoms with Gasteiger partial charge >= 0.3 is 5.97 Å². The number of fused-ring (bicyclic) bond motifs is 1. The zero-order valence-corrected chi connectivity index (χ0v) is 10.8. The van der Waals surface area contributed by atoms with Gasteiger partial charge in [0.2, 0.25) is 0 Å². The third kappa shape index (κ3) is 3.00. The van der Waals surface area contributed by atoms with Gasteiger partial charge in [-0.15, -0.1) is 0 Å². The SMILES string of the molecule is Cc1cc(NC[C@@H](C)O)c2cc(C(=O)O)ccc2n1. The molecule has 1 aromatic heterocycles. The molecule has 0 fully saturated rings. The minimum absolute atomic E-state index is 0.221. The second kappa shape index (κ2) is 5.24. The number of carbonyl (C=O) groups is 1. The minimum Gasteiger partial charge on any atom is -0.478 e. The Morgan fingerprint density at radius 3 is 2.79 bits per heavy atom. The molecule has 0 radical (unpaired) electrons. The number of carboxylic acid groups (broad SMARTS) is 1. The average molecular weight is 260 g/mol. The molecule has 0 aliphatic carbocycles. The summed E-state index contributed by atoms with van der Waals surface area (Å²) < 4.78 is 0. The number of carboxylic acids is 1. The normalized spacial score (nSPS) is 12.4. The van der Waals surface area contributed by atoms with E-state index in [1.54, 1.807) is 19.1 Å². The average Bonchev–Trinajstić information content (AvgIpc) is 2.35. The summed E-state index contributed by atoms with van der Waals surface area (Å²) in [7, 11) is 0. The van der Waals surface area contributed by atoms with Crippen molar-refractivity contribution >= 4 is 22.6 Å². The number of aryl methyl sites for hydroxylation is 1. The van der Waals surface area contributed by atoms with Crippen LogP contribution in [0, 0.1) is 6.92 Å². The van der Waals surface area contributed by atoms with E-state index in [1.165, 1.54) is 6.07 Å². The molecule has 0 aliphatic rings. The van der Waals surface area contributed by atoms with E-state index in [0.29, 0.717) is 6.54 Å². The minimum atomic E-state index is -0.969. The summed E-state index contributed by atoms with van der Waals surface area (Å²) in [5, 5.41) is 22.2. The van der Waals surface area contributed by atoms with E-state index in [-0.39, 0.29) is 5.56 Å². The molecule has 0 saturated carbocycles. The Kier molecular flexibility index (Phi) is 3.66. The number of pyridine rings is 1. The van der Waals surface area contributed by atoms with E-state index in [2.05, 4.69) is 10.3 Å². The fourth-order valence-corrected chi connectivity index (χ4v) is 1.90. The quantitative estimate of drug-likeness (QED) is 0.783. The molecule has 0 unspecified atom stereocenters. The standard InChI is InChI=1S/C14H16N2O3/c1-8-5-13(15-7-9(2)17)11-6-10(14(18)19)3-4-12(11)16-8/h3-6,9,17H,7H2,1-2H3,(H,15,16)(H,18,19)/t9-/m1/s1. The van der Waals surface area contributed by atoms with Gasteiger partial charge in [0.1, 0.15) is 0 Å². The molecule has 5 heteroatoms. The molecule has 0 amide bonds. The summed E-state index contributed by atoms with van der Waals surface area (Å²) in [6.45, 7) is 3.96. The molecule has 1 heterocycles. The van der Waals surface area contributed by atoms with Gasteiger partial charge in [0.05, 0.1) is 17.2 Å². The lowest BCUT2D eigenvalue weighted by molar-refractivity contribution is 0.0697. The molecular formula is C14H16N2O3. The molecule has 1 aromatic carbocycles. The lowest BCUT2D eigenvalue weighted by Crippen LogP contribution is -2.15. The molecule has 0 spiro atoms. The molecule has 0 bridgehead atoms. The van der Waals surface area contributed by atoms with Crippen LogP contribution in [0.1, 0.15) is 23.0 Å². The van der Waals surface area contributed by atoms with Crippen LogP contribution in [-0.2, 0) is 0 Å². The Labute approximate surface area is 110 Å². The summed E-state index contributed by atoms with van der Waals surface area (Å²) in [5.41, 5.74) is 2.58. The van der Waals surface area contributed by atoms with E-state index in [9.17, 15) is 9.90 Å². The maximum Gasteiger partial charge on any atom is 0.335 e. The van der Waals surface area contributed by atoms with Crippen LogP contribution in [0.5, 0.6) is 0 Å². The molecule has 0 saturated heterocycles. The zero-order valence-electron chi connectivity index (χ0n) is 10.8. The van der Waals surface area contributed by atoms with Crippen molar-refractivity contribution in [2.24, 2.45) is 0 Å². The molecule has 5 nitrogen and oxygen atoms in total. The predicted octanol–water partition coefficient (Wildman–Crippen LogP) is 2.03. The van der Waals surface area contributed by atoms with Crippen molar-refractivity contribution in [3.63, 3.8) is 0 Å². The van der Waals surface area contributed by atoms with Gasteiger partial charge in [0.25, 0.3) is 0 Å². The number of hydrogen-bond acceptors (Lipinski definition) is 4. The van der Waals surface area contributed by atoms with Gasteiger partial charge in [0.15, 0.2) is 0 Å². The van der Waals surface area contributed by atoms with Crippen LogP contribution in [0.15, 0.2) is 24.3 Å². The summed E-state index contributed by atoms with van der Waals surface area (Å²) in [5.74, 6) is -0.969. The number of nitrogens with one attached hydrogen (secondary N) is 1. The van der Waals surface area contributed by atoms with Gasteiger partial charge in [-0.1, -0.05) is 0 Å². The van der Waals surface area contributed by atoms with Crippen molar-refractivity contribution in [3.05, 3.63) is 35.5 Å². The highest BCUT2D eigenvalue weighted by molar-refractivity contribution is 5.98. The van der Waals surface area contributed by atoms with E-state index in [4.69, 9.17) is 5.11 Å². The third-order valence-electron chi connectivity index (χ3n) is 2.77. The fraction of sp³-hybridized carbons (Fsp3) is 0.286. The van der Waals surface area contributed by atoms with Gasteiger partial charge < -0.3 is 15.5 Å². The molecular weight excluding hydrogens is 244 g/mol. The lowest BCUT2D eigenvalue weighted by Gasteiger charge is -2.12. The van der Waals surface area contributed by atoms with Crippen LogP contribution in [0.2, 0.25) is 0 Å². The molecule has 3 N–H and O–H groups in total. The largest absolute Gasteiger partial charge is 0.478 e. The van der Waals surface area contributed by atoms with Gasteiger partial charge in [-0.05, 0) is 38.1 Å². The smallest absolute Gasteiger partial charge is 0.335 e. The maximum absolute atomic E-state index is 11.0. The van der Waals surface area contributed by atoms with Gasteiger partial charge in [-0.25, -0.2) is 4.79 Å². The number of aliphatic hydroxyl groups excluding tert-OH is 1. The van der Waals surface area contributed by atoms with Crippen LogP contribution in [0.3, 0.4) is 0 Å². The highest BCUT2D eigenvalue weighted by Crippen LogP contribution is 2.24. The first-order valence-electron chi connectivity index (χ1n) is 6.04. The summed E-state index contributed by atoms with van der Waals surface area (Å²) in [6, 6.07) is 6.67. The highest BCUT2D eigenvalue weighted by atomic mass is 16.4. The van der Waals surface area contributed by atoms with Crippen LogP contribution in [0.25, 0.3) is 10.9 Å². The monoisotopic (exact) mass is 260 g/mol. The van der Waals surface area contributed by atoms with E-state index < -0.39 is 12.1 Å². The summed E-state index contributed by atoms with van der Waals surface area (Å²) in [6.07, 6.45) is -0.480. The van der Waals surface area contributed by atoms with Crippen LogP contribution in [0.4, 0.5) is 5.69 Å². The molecule has 1 atom stereocenters. The summed E-state index contributed by atoms with van der Waals surface area (Å²) in [4.78, 5) is 15.4. The van der Waals surface area contributed by atoms with Gasteiger partial charge in [0, 0.05) is 23.3 Å². The number of benzene rings is 1. The van der Waals surface area contributed by atoms with Crippen molar-refractivity contribution in [1.29, 1.82) is 0 Å². The topological polar surface area (TPSA) is 82.5 Å². The van der Waals surface area contributed by atoms with Crippen molar-refractivity contribution < 1.29 is 15.0 Å². The number of aliphatic hydroxyl groups is 1. The second-order valence-corrected chi connectivity index (χ2v) is 4.58. The fourth-order valence-electron chi connectivity index (χ4n) is 1.90. The number of rotatable bonds is 4. The summed E-state index contributed by atoms with van der Waals surface area (Å²) >= 11 is 0. The molecule has 0 aliphatic heterocycles. The number of nitrogens with zero attached hydrogens (tertiary/aromatic N) is 1. The third-order valence-corrected chi connectivity index (χ3v) is 2.77. The molecule has 2 rings (SSSR count). The van der Waals surface area contributed by atoms with Gasteiger partial charge in [-0.3, -0.25) is 4.98 Å². The molecule has 19 heavy (non-hydrogen) atoms. The van der Waals surface area contributed by atoms with Crippen molar-refractivity contribution in [2.45, 2.75) is 20.0 Å². The Balaban J connectivity index is 2.52. The second-order valence-electron chi connectivity index (χ2n) is 4.58. The van der Waals surface area contributed by atoms with E-state index in [0.717, 1.165) is 22.3 Å². The Morgan fingerprint density at radius 2 is 2.16 bits per heavy atom. The number of hydrogen-bond donors (Lipinski definition) is 3. The van der Waals surface area contributed by atoms with Crippen molar-refractivity contribution in [3.8, 4) is 0 Å². The van der Waals surface area contributed by atoms with E-state index in [1.807, 2.05) is 13.0 Å². The number of aromatic nitrogens is 1. The first kappa shape index (κ1) is 13.3. The first-order valence-corrected chi connectivity index (χ1v) is 6.04.